The van der Waals surface area contributed by atoms with Crippen LogP contribution in [0.1, 0.15) is 31.2 Å². The van der Waals surface area contributed by atoms with E-state index >= 15 is 0 Å². The third-order valence-corrected chi connectivity index (χ3v) is 4.20. The Balaban J connectivity index is 2.36. The zero-order valence-electron chi connectivity index (χ0n) is 14.9. The maximum atomic E-state index is 13.3. The quantitative estimate of drug-likeness (QED) is 0.538. The van der Waals surface area contributed by atoms with Crippen LogP contribution in [0.2, 0.25) is 0 Å². The number of hydrogen-bond donors (Lipinski definition) is 1. The Labute approximate surface area is 153 Å². The molecule has 0 aromatic heterocycles. The lowest BCUT2D eigenvalue weighted by atomic mass is 9.80. The van der Waals surface area contributed by atoms with Gasteiger partial charge in [0.25, 0.3) is 0 Å². The second-order valence-electron chi connectivity index (χ2n) is 5.97. The first kappa shape index (κ1) is 20.1. The normalized spacial score (nSPS) is 22.3. The number of aliphatic hydroxyl groups is 1. The molecule has 6 heteroatoms. The van der Waals surface area contributed by atoms with E-state index in [1.165, 1.54) is 18.2 Å². The number of carbonyl (C=O) groups is 1. The highest BCUT2D eigenvalue weighted by Crippen LogP contribution is 2.39. The third kappa shape index (κ3) is 5.16. The Kier molecular flexibility index (Phi) is 7.81. The first-order valence-electron chi connectivity index (χ1n) is 8.75. The molecule has 0 amide bonds. The van der Waals surface area contributed by atoms with Crippen molar-refractivity contribution >= 4 is 5.97 Å². The molecular formula is C20H25FO5. The summed E-state index contributed by atoms with van der Waals surface area (Å²) in [5.74, 6) is -1.20. The van der Waals surface area contributed by atoms with Crippen molar-refractivity contribution in [1.29, 1.82) is 0 Å². The molecule has 0 bridgehead atoms. The number of hydrogen-bond acceptors (Lipinski definition) is 5. The summed E-state index contributed by atoms with van der Waals surface area (Å²) in [6.45, 7) is 5.89. The van der Waals surface area contributed by atoms with Crippen LogP contribution in [-0.4, -0.2) is 37.2 Å². The molecule has 0 unspecified atom stereocenters. The van der Waals surface area contributed by atoms with Crippen LogP contribution in [0, 0.1) is 11.7 Å². The Bertz CT molecular complexity index is 626. The van der Waals surface area contributed by atoms with Gasteiger partial charge in [0, 0.05) is 25.0 Å². The Morgan fingerprint density at radius 2 is 2.12 bits per heavy atom. The van der Waals surface area contributed by atoms with Crippen LogP contribution >= 0.6 is 0 Å². The number of benzene rings is 1. The predicted octanol–water partition coefficient (Wildman–Crippen LogP) is 3.30. The van der Waals surface area contributed by atoms with Crippen LogP contribution in [0.3, 0.4) is 0 Å². The molecule has 0 saturated carbocycles. The van der Waals surface area contributed by atoms with E-state index in [1.807, 2.05) is 6.92 Å². The molecule has 26 heavy (non-hydrogen) atoms. The minimum absolute atomic E-state index is 0.0451. The van der Waals surface area contributed by atoms with Gasteiger partial charge in [-0.3, -0.25) is 0 Å². The fraction of sp³-hybridized carbons (Fsp3) is 0.450. The Morgan fingerprint density at radius 3 is 2.73 bits per heavy atom. The van der Waals surface area contributed by atoms with Crippen LogP contribution < -0.4 is 0 Å². The van der Waals surface area contributed by atoms with Crippen molar-refractivity contribution in [2.24, 2.45) is 5.92 Å². The number of rotatable bonds is 9. The monoisotopic (exact) mass is 364 g/mol. The molecule has 0 aliphatic carbocycles. The highest BCUT2D eigenvalue weighted by molar-refractivity contribution is 5.86. The first-order valence-corrected chi connectivity index (χ1v) is 8.75. The van der Waals surface area contributed by atoms with Crippen molar-refractivity contribution in [2.75, 3.05) is 19.8 Å². The molecule has 0 radical (unpaired) electrons. The van der Waals surface area contributed by atoms with Crippen LogP contribution in [-0.2, 0) is 19.0 Å². The molecule has 3 atom stereocenters. The average Bonchev–Trinajstić information content (AvgIpc) is 2.65. The molecule has 1 heterocycles. The van der Waals surface area contributed by atoms with Gasteiger partial charge >= 0.3 is 5.97 Å². The van der Waals surface area contributed by atoms with E-state index in [4.69, 9.17) is 14.2 Å². The molecular weight excluding hydrogens is 339 g/mol. The van der Waals surface area contributed by atoms with Crippen LogP contribution in [0.25, 0.3) is 0 Å². The number of ether oxygens (including phenoxy) is 3. The molecule has 142 valence electrons. The second kappa shape index (κ2) is 10.1. The fourth-order valence-electron chi connectivity index (χ4n) is 3.02. The number of allylic oxidation sites excluding steroid dienone is 1. The van der Waals surface area contributed by atoms with E-state index < -0.39 is 12.3 Å². The van der Waals surface area contributed by atoms with Gasteiger partial charge in [0.15, 0.2) is 0 Å². The number of carbonyl (C=O) groups excluding carboxylic acids is 1. The van der Waals surface area contributed by atoms with Gasteiger partial charge < -0.3 is 19.3 Å². The van der Waals surface area contributed by atoms with E-state index in [0.717, 1.165) is 5.56 Å². The molecule has 1 aromatic carbocycles. The van der Waals surface area contributed by atoms with Crippen molar-refractivity contribution in [3.05, 3.63) is 60.1 Å². The number of halogens is 1. The van der Waals surface area contributed by atoms with E-state index in [9.17, 15) is 14.3 Å². The molecule has 0 saturated heterocycles. The van der Waals surface area contributed by atoms with Crippen molar-refractivity contribution in [3.8, 4) is 0 Å². The standard InChI is InChI=1S/C20H25FO5/c1-3-12-25-19(23)18-13-17(14-7-9-15(21)10-8-14)16(6-5-11-22)20(26-18)24-4-2/h3,7-10,13,16-17,20,22H,1,4-6,11-12H2,2H3/t16-,17+,20+/m1/s1. The molecule has 1 aliphatic heterocycles. The van der Waals surface area contributed by atoms with E-state index in [0.29, 0.717) is 19.4 Å². The zero-order chi connectivity index (χ0) is 18.9. The lowest BCUT2D eigenvalue weighted by molar-refractivity contribution is -0.175. The van der Waals surface area contributed by atoms with Gasteiger partial charge in [-0.1, -0.05) is 24.8 Å². The topological polar surface area (TPSA) is 65.0 Å². The first-order chi connectivity index (χ1) is 12.6. The van der Waals surface area contributed by atoms with Crippen molar-refractivity contribution in [3.63, 3.8) is 0 Å². The third-order valence-electron chi connectivity index (χ3n) is 4.20. The highest BCUT2D eigenvalue weighted by atomic mass is 19.1. The SMILES string of the molecule is C=CCOC(=O)C1=C[C@@H](c2ccc(F)cc2)[C@@H](CCCO)[C@@H](OCC)O1. The zero-order valence-corrected chi connectivity index (χ0v) is 14.9. The Hall–Kier alpha value is -2.18. The van der Waals surface area contributed by atoms with Crippen molar-refractivity contribution in [2.45, 2.75) is 32.0 Å². The fourth-order valence-corrected chi connectivity index (χ4v) is 3.02. The molecule has 0 spiro atoms. The van der Waals surface area contributed by atoms with Gasteiger partial charge in [-0.2, -0.15) is 0 Å². The van der Waals surface area contributed by atoms with Crippen LogP contribution in [0.5, 0.6) is 0 Å². The number of aliphatic hydroxyl groups excluding tert-OH is 1. The van der Waals surface area contributed by atoms with E-state index in [2.05, 4.69) is 6.58 Å². The summed E-state index contributed by atoms with van der Waals surface area (Å²) in [6, 6.07) is 6.13. The van der Waals surface area contributed by atoms with Gasteiger partial charge in [-0.25, -0.2) is 9.18 Å². The highest BCUT2D eigenvalue weighted by Gasteiger charge is 2.38. The molecule has 1 N–H and O–H groups in total. The van der Waals surface area contributed by atoms with E-state index in [1.54, 1.807) is 18.2 Å². The molecule has 5 nitrogen and oxygen atoms in total. The van der Waals surface area contributed by atoms with Crippen molar-refractivity contribution < 1.29 is 28.5 Å². The van der Waals surface area contributed by atoms with Gasteiger partial charge in [-0.15, -0.1) is 0 Å². The summed E-state index contributed by atoms with van der Waals surface area (Å²) < 4.78 is 29.8. The summed E-state index contributed by atoms with van der Waals surface area (Å²) in [7, 11) is 0. The van der Waals surface area contributed by atoms with Gasteiger partial charge in [0.2, 0.25) is 12.0 Å². The van der Waals surface area contributed by atoms with E-state index in [-0.39, 0.29) is 36.6 Å². The lowest BCUT2D eigenvalue weighted by Gasteiger charge is -2.36. The smallest absolute Gasteiger partial charge is 0.373 e. The number of esters is 1. The lowest BCUT2D eigenvalue weighted by Crippen LogP contribution is -2.36. The summed E-state index contributed by atoms with van der Waals surface area (Å²) in [5.41, 5.74) is 0.844. The predicted molar refractivity (Wildman–Crippen MR) is 94.7 cm³/mol. The van der Waals surface area contributed by atoms with Gasteiger partial charge in [0.05, 0.1) is 0 Å². The molecule has 1 aromatic rings. The summed E-state index contributed by atoms with van der Waals surface area (Å²) in [6.07, 6.45) is 3.71. The molecule has 2 rings (SSSR count). The summed E-state index contributed by atoms with van der Waals surface area (Å²) in [4.78, 5) is 12.2. The maximum absolute atomic E-state index is 13.3. The summed E-state index contributed by atoms with van der Waals surface area (Å²) in [5, 5.41) is 9.21. The second-order valence-corrected chi connectivity index (χ2v) is 5.97. The minimum atomic E-state index is -0.655. The largest absolute Gasteiger partial charge is 0.457 e. The average molecular weight is 364 g/mol. The molecule has 0 fully saturated rings. The maximum Gasteiger partial charge on any atom is 0.373 e. The van der Waals surface area contributed by atoms with Crippen LogP contribution in [0.15, 0.2) is 48.8 Å². The minimum Gasteiger partial charge on any atom is -0.457 e. The summed E-state index contributed by atoms with van der Waals surface area (Å²) >= 11 is 0. The van der Waals surface area contributed by atoms with Crippen LogP contribution in [0.4, 0.5) is 4.39 Å². The Morgan fingerprint density at radius 1 is 1.38 bits per heavy atom. The van der Waals surface area contributed by atoms with Gasteiger partial charge in [0.1, 0.15) is 12.4 Å². The van der Waals surface area contributed by atoms with Crippen molar-refractivity contribution in [1.82, 2.24) is 0 Å². The van der Waals surface area contributed by atoms with Gasteiger partial charge in [-0.05, 0) is 43.5 Å². The molecule has 1 aliphatic rings.